The molecule has 0 atom stereocenters. The minimum absolute atomic E-state index is 0. The average Bonchev–Trinajstić information content (AvgIpc) is 2.71. The summed E-state index contributed by atoms with van der Waals surface area (Å²) in [6.07, 6.45) is 0. The first kappa shape index (κ1) is 21.9. The van der Waals surface area contributed by atoms with Crippen LogP contribution in [0.5, 0.6) is 0 Å². The monoisotopic (exact) mass is 384 g/mol. The Labute approximate surface area is 155 Å². The van der Waals surface area contributed by atoms with Gasteiger partial charge < -0.3 is 0 Å². The molecule has 112 valence electrons. The van der Waals surface area contributed by atoms with Crippen LogP contribution in [0.15, 0.2) is 0 Å². The van der Waals surface area contributed by atoms with Crippen molar-refractivity contribution in [3.05, 3.63) is 59.2 Å². The molecule has 0 aromatic carbocycles. The van der Waals surface area contributed by atoms with Gasteiger partial charge in [-0.2, -0.15) is 0 Å². The van der Waals surface area contributed by atoms with Crippen LogP contribution in [-0.2, 0) is 27.3 Å². The molecule has 0 bridgehead atoms. The molecule has 0 aromatic heterocycles. The van der Waals surface area contributed by atoms with Crippen LogP contribution in [0, 0.1) is 59.2 Å². The van der Waals surface area contributed by atoms with Gasteiger partial charge in [-0.05, 0) is 59.2 Å². The molecule has 0 aliphatic heterocycles. The first-order valence-electron chi connectivity index (χ1n) is 7.50. The van der Waals surface area contributed by atoms with Crippen molar-refractivity contribution in [1.29, 1.82) is 0 Å². The summed E-state index contributed by atoms with van der Waals surface area (Å²) < 4.78 is 0. The van der Waals surface area contributed by atoms with Crippen LogP contribution >= 0.6 is 0 Å². The standard InChI is InChI=1S/2C10H15.Cd/c2*1-6-7(2)9(4)10(5)8(6)3;/h2*1-5H3;. The molecular weight excluding hydrogens is 353 g/mol. The number of hydrogen-bond donors (Lipinski definition) is 0. The topological polar surface area (TPSA) is 0 Å². The fraction of sp³-hybridized carbons (Fsp3) is 0.500. The van der Waals surface area contributed by atoms with Crippen LogP contribution < -0.4 is 0 Å². The second-order valence-electron chi connectivity index (χ2n) is 6.25. The molecule has 0 heterocycles. The van der Waals surface area contributed by atoms with Crippen molar-refractivity contribution in [1.82, 2.24) is 0 Å². The van der Waals surface area contributed by atoms with E-state index in [-0.39, 0.29) is 27.3 Å². The van der Waals surface area contributed by atoms with Gasteiger partial charge in [0.15, 0.2) is 0 Å². The fourth-order valence-electron chi connectivity index (χ4n) is 2.81. The second-order valence-corrected chi connectivity index (χ2v) is 6.25. The van der Waals surface area contributed by atoms with E-state index < -0.39 is 0 Å². The molecule has 2 fully saturated rings. The molecule has 2 rings (SSSR count). The molecule has 0 nitrogen and oxygen atoms in total. The molecule has 0 aromatic rings. The molecular formula is C20H30Cd. The summed E-state index contributed by atoms with van der Waals surface area (Å²) in [5, 5.41) is 0. The van der Waals surface area contributed by atoms with Gasteiger partial charge in [-0.15, -0.1) is 0 Å². The molecule has 0 unspecified atom stereocenters. The van der Waals surface area contributed by atoms with Gasteiger partial charge in [0.25, 0.3) is 0 Å². The summed E-state index contributed by atoms with van der Waals surface area (Å²) in [7, 11) is 0. The fourth-order valence-corrected chi connectivity index (χ4v) is 2.81. The van der Waals surface area contributed by atoms with E-state index in [9.17, 15) is 0 Å². The van der Waals surface area contributed by atoms with Gasteiger partial charge in [-0.3, -0.25) is 0 Å². The predicted octanol–water partition coefficient (Wildman–Crippen LogP) is 5.94. The average molecular weight is 383 g/mol. The van der Waals surface area contributed by atoms with Crippen molar-refractivity contribution in [3.8, 4) is 0 Å². The maximum atomic E-state index is 2.20. The van der Waals surface area contributed by atoms with Gasteiger partial charge in [0.05, 0.1) is 0 Å². The zero-order chi connectivity index (χ0) is 15.8. The Bertz CT molecular complexity index is 181. The molecule has 1 heteroatoms. The van der Waals surface area contributed by atoms with Crippen LogP contribution in [0.2, 0.25) is 0 Å². The Morgan fingerprint density at radius 3 is 0.333 bits per heavy atom. The third-order valence-corrected chi connectivity index (χ3v) is 5.62. The van der Waals surface area contributed by atoms with Crippen molar-refractivity contribution in [2.75, 3.05) is 0 Å². The normalized spacial score (nSPS) is 27.1. The molecule has 10 radical (unpaired) electrons. The SMILES string of the molecule is C[C]1[C](C)[C](C)[C](C)[C]1C.C[C]1[C](C)[C](C)[C](C)[C]1C.[Cd]. The smallest absolute Gasteiger partial charge is 0 e. The van der Waals surface area contributed by atoms with Crippen molar-refractivity contribution in [3.63, 3.8) is 0 Å². The molecule has 2 aliphatic rings. The van der Waals surface area contributed by atoms with Crippen molar-refractivity contribution < 1.29 is 27.3 Å². The molecule has 0 saturated heterocycles. The van der Waals surface area contributed by atoms with E-state index in [1.165, 1.54) is 59.2 Å². The second kappa shape index (κ2) is 8.68. The maximum absolute atomic E-state index is 2.20. The quantitative estimate of drug-likeness (QED) is 0.455. The van der Waals surface area contributed by atoms with Gasteiger partial charge in [0, 0.05) is 27.3 Å². The molecule has 0 spiro atoms. The minimum atomic E-state index is 0. The Balaban J connectivity index is 0.000000364. The Morgan fingerprint density at radius 2 is 0.286 bits per heavy atom. The maximum Gasteiger partial charge on any atom is 0 e. The van der Waals surface area contributed by atoms with Gasteiger partial charge >= 0.3 is 0 Å². The van der Waals surface area contributed by atoms with Crippen LogP contribution in [0.3, 0.4) is 0 Å². The zero-order valence-electron chi connectivity index (χ0n) is 15.7. The van der Waals surface area contributed by atoms with Crippen LogP contribution in [0.25, 0.3) is 0 Å². The Hall–Kier alpha value is 0.922. The molecule has 0 N–H and O–H groups in total. The summed E-state index contributed by atoms with van der Waals surface area (Å²) in [6, 6.07) is 0. The van der Waals surface area contributed by atoms with Crippen LogP contribution in [0.4, 0.5) is 0 Å². The van der Waals surface area contributed by atoms with Crippen molar-refractivity contribution >= 4 is 0 Å². The predicted molar refractivity (Wildman–Crippen MR) is 89.2 cm³/mol. The van der Waals surface area contributed by atoms with E-state index in [4.69, 9.17) is 0 Å². The third kappa shape index (κ3) is 4.47. The van der Waals surface area contributed by atoms with Gasteiger partial charge in [-0.1, -0.05) is 69.2 Å². The molecule has 2 saturated carbocycles. The van der Waals surface area contributed by atoms with Crippen molar-refractivity contribution in [2.45, 2.75) is 69.2 Å². The largest absolute Gasteiger partial charge is 0.0579 e. The molecule has 0 amide bonds. The summed E-state index contributed by atoms with van der Waals surface area (Å²) in [4.78, 5) is 0. The van der Waals surface area contributed by atoms with E-state index in [1.54, 1.807) is 0 Å². The first-order chi connectivity index (χ1) is 9.11. The first-order valence-corrected chi connectivity index (χ1v) is 7.50. The minimum Gasteiger partial charge on any atom is -0.0579 e. The summed E-state index contributed by atoms with van der Waals surface area (Å²) in [6.45, 7) is 22.0. The van der Waals surface area contributed by atoms with E-state index in [0.717, 1.165) is 0 Å². The van der Waals surface area contributed by atoms with E-state index in [0.29, 0.717) is 0 Å². The van der Waals surface area contributed by atoms with Gasteiger partial charge in [0.2, 0.25) is 0 Å². The number of hydrogen-bond acceptors (Lipinski definition) is 0. The van der Waals surface area contributed by atoms with Crippen LogP contribution in [-0.4, -0.2) is 0 Å². The van der Waals surface area contributed by atoms with E-state index in [2.05, 4.69) is 69.2 Å². The van der Waals surface area contributed by atoms with Crippen molar-refractivity contribution in [2.24, 2.45) is 0 Å². The third-order valence-electron chi connectivity index (χ3n) is 5.62. The zero-order valence-corrected chi connectivity index (χ0v) is 19.7. The Kier molecular flexibility index (Phi) is 9.07. The van der Waals surface area contributed by atoms with E-state index in [1.807, 2.05) is 0 Å². The van der Waals surface area contributed by atoms with Gasteiger partial charge in [-0.25, -0.2) is 0 Å². The van der Waals surface area contributed by atoms with Gasteiger partial charge in [0.1, 0.15) is 0 Å². The molecule has 2 aliphatic carbocycles. The van der Waals surface area contributed by atoms with Crippen LogP contribution in [0.1, 0.15) is 69.2 Å². The number of rotatable bonds is 0. The van der Waals surface area contributed by atoms with E-state index >= 15 is 0 Å². The summed E-state index contributed by atoms with van der Waals surface area (Å²) in [5.74, 6) is 14.7. The molecule has 21 heavy (non-hydrogen) atoms. The summed E-state index contributed by atoms with van der Waals surface area (Å²) in [5.41, 5.74) is 0. The Morgan fingerprint density at radius 1 is 0.238 bits per heavy atom. The summed E-state index contributed by atoms with van der Waals surface area (Å²) >= 11 is 0.